The van der Waals surface area contributed by atoms with E-state index >= 15 is 0 Å². The third-order valence-corrected chi connectivity index (χ3v) is 4.94. The molecule has 0 atom stereocenters. The predicted molar refractivity (Wildman–Crippen MR) is 133 cm³/mol. The average molecular weight is 415 g/mol. The van der Waals surface area contributed by atoms with E-state index in [0.717, 1.165) is 28.4 Å². The summed E-state index contributed by atoms with van der Waals surface area (Å²) in [6, 6.07) is 23.5. The van der Waals surface area contributed by atoms with Gasteiger partial charge in [0.05, 0.1) is 34.0 Å². The van der Waals surface area contributed by atoms with Crippen LogP contribution in [0.15, 0.2) is 77.8 Å². The SMILES string of the molecule is CC(C)(O)C(C)(C)O.[B]c1ccc(N=C)c(Nc2ccccc2Nc2ccccc2)c1. The highest BCUT2D eigenvalue weighted by molar-refractivity contribution is 6.32. The molecule has 6 heteroatoms. The number of aliphatic hydroxyl groups is 2. The molecule has 3 aromatic carbocycles. The summed E-state index contributed by atoms with van der Waals surface area (Å²) in [7, 11) is 5.88. The van der Waals surface area contributed by atoms with Crippen LogP contribution in [0.4, 0.5) is 28.4 Å². The third-order valence-electron chi connectivity index (χ3n) is 4.94. The molecule has 3 aromatic rings. The molecule has 0 bridgehead atoms. The molecule has 0 saturated heterocycles. The van der Waals surface area contributed by atoms with Crippen molar-refractivity contribution in [1.29, 1.82) is 0 Å². The second-order valence-electron chi connectivity index (χ2n) is 8.21. The Hall–Kier alpha value is -3.09. The predicted octanol–water partition coefficient (Wildman–Crippen LogP) is 4.83. The lowest BCUT2D eigenvalue weighted by atomic mass is 9.90. The molecule has 0 amide bonds. The number of anilines is 4. The quantitative estimate of drug-likeness (QED) is 0.344. The molecule has 0 heterocycles. The van der Waals surface area contributed by atoms with Crippen molar-refractivity contribution in [1.82, 2.24) is 0 Å². The summed E-state index contributed by atoms with van der Waals surface area (Å²) >= 11 is 0. The summed E-state index contributed by atoms with van der Waals surface area (Å²) in [4.78, 5) is 4.03. The van der Waals surface area contributed by atoms with Crippen LogP contribution in [-0.2, 0) is 0 Å². The van der Waals surface area contributed by atoms with Gasteiger partial charge in [-0.2, -0.15) is 0 Å². The Kier molecular flexibility index (Phi) is 8.03. The zero-order valence-corrected chi connectivity index (χ0v) is 18.6. The van der Waals surface area contributed by atoms with E-state index in [1.807, 2.05) is 72.8 Å². The maximum atomic E-state index is 9.10. The summed E-state index contributed by atoms with van der Waals surface area (Å²) in [6.45, 7) is 9.91. The van der Waals surface area contributed by atoms with E-state index in [4.69, 9.17) is 18.1 Å². The summed E-state index contributed by atoms with van der Waals surface area (Å²) in [5.74, 6) is 0. The van der Waals surface area contributed by atoms with E-state index in [9.17, 15) is 0 Å². The maximum Gasteiger partial charge on any atom is 0.113 e. The molecule has 0 aliphatic heterocycles. The van der Waals surface area contributed by atoms with Gasteiger partial charge in [0, 0.05) is 5.69 Å². The Morgan fingerprint density at radius 1 is 0.742 bits per heavy atom. The highest BCUT2D eigenvalue weighted by Crippen LogP contribution is 2.31. The van der Waals surface area contributed by atoms with Crippen molar-refractivity contribution in [2.75, 3.05) is 10.6 Å². The smallest absolute Gasteiger partial charge is 0.113 e. The second-order valence-corrected chi connectivity index (χ2v) is 8.21. The van der Waals surface area contributed by atoms with Crippen LogP contribution in [0.2, 0.25) is 0 Å². The monoisotopic (exact) mass is 415 g/mol. The fourth-order valence-corrected chi connectivity index (χ4v) is 2.31. The van der Waals surface area contributed by atoms with E-state index in [1.165, 1.54) is 0 Å². The fraction of sp³-hybridized carbons (Fsp3) is 0.240. The van der Waals surface area contributed by atoms with Crippen molar-refractivity contribution in [3.8, 4) is 0 Å². The van der Waals surface area contributed by atoms with Gasteiger partial charge in [0.2, 0.25) is 0 Å². The molecule has 0 fully saturated rings. The number of hydrogen-bond donors (Lipinski definition) is 4. The van der Waals surface area contributed by atoms with Crippen molar-refractivity contribution in [3.63, 3.8) is 0 Å². The lowest BCUT2D eigenvalue weighted by Crippen LogP contribution is -2.44. The van der Waals surface area contributed by atoms with Crippen LogP contribution in [0.3, 0.4) is 0 Å². The summed E-state index contributed by atoms with van der Waals surface area (Å²) in [5, 5.41) is 25.0. The van der Waals surface area contributed by atoms with Crippen LogP contribution in [0.1, 0.15) is 27.7 Å². The first kappa shape index (κ1) is 24.2. The van der Waals surface area contributed by atoms with Gasteiger partial charge in [-0.25, -0.2) is 0 Å². The highest BCUT2D eigenvalue weighted by atomic mass is 16.3. The van der Waals surface area contributed by atoms with Gasteiger partial charge < -0.3 is 20.8 Å². The van der Waals surface area contributed by atoms with E-state index in [1.54, 1.807) is 27.7 Å². The van der Waals surface area contributed by atoms with Gasteiger partial charge in [0.15, 0.2) is 0 Å². The van der Waals surface area contributed by atoms with Crippen LogP contribution >= 0.6 is 0 Å². The first-order valence-electron chi connectivity index (χ1n) is 10.0. The van der Waals surface area contributed by atoms with Crippen LogP contribution in [0, 0.1) is 0 Å². The molecule has 5 nitrogen and oxygen atoms in total. The Labute approximate surface area is 186 Å². The van der Waals surface area contributed by atoms with Gasteiger partial charge in [-0.15, -0.1) is 0 Å². The Morgan fingerprint density at radius 2 is 1.26 bits per heavy atom. The Balaban J connectivity index is 0.000000366. The molecule has 0 saturated carbocycles. The van der Waals surface area contributed by atoms with Crippen LogP contribution in [0.25, 0.3) is 0 Å². The number of nitrogens with zero attached hydrogens (tertiary/aromatic N) is 1. The molecule has 0 spiro atoms. The summed E-state index contributed by atoms with van der Waals surface area (Å²) in [5.41, 5.74) is 3.17. The largest absolute Gasteiger partial charge is 0.387 e. The molecule has 0 aromatic heterocycles. The van der Waals surface area contributed by atoms with Crippen LogP contribution < -0.4 is 16.1 Å². The number of aliphatic imine (C=N–C) groups is 1. The molecule has 160 valence electrons. The van der Waals surface area contributed by atoms with E-state index < -0.39 is 11.2 Å². The topological polar surface area (TPSA) is 76.9 Å². The molecule has 0 aliphatic carbocycles. The minimum atomic E-state index is -1.01. The number of nitrogens with one attached hydrogen (secondary N) is 2. The molecule has 0 unspecified atom stereocenters. The van der Waals surface area contributed by atoms with Crippen molar-refractivity contribution < 1.29 is 10.2 Å². The minimum Gasteiger partial charge on any atom is -0.387 e. The molecule has 3 rings (SSSR count). The van der Waals surface area contributed by atoms with Gasteiger partial charge in [-0.05, 0) is 70.8 Å². The number of benzene rings is 3. The molecular weight excluding hydrogens is 385 g/mol. The van der Waals surface area contributed by atoms with Crippen LogP contribution in [0.5, 0.6) is 0 Å². The first-order valence-corrected chi connectivity index (χ1v) is 10.0. The van der Waals surface area contributed by atoms with Crippen molar-refractivity contribution in [3.05, 3.63) is 72.8 Å². The third kappa shape index (κ3) is 7.28. The first-order chi connectivity index (χ1) is 14.5. The van der Waals surface area contributed by atoms with Crippen molar-refractivity contribution >= 4 is 48.5 Å². The van der Waals surface area contributed by atoms with Gasteiger partial charge in [-0.1, -0.05) is 41.9 Å². The van der Waals surface area contributed by atoms with Gasteiger partial charge >= 0.3 is 0 Å². The normalized spacial score (nSPS) is 11.2. The Morgan fingerprint density at radius 3 is 1.77 bits per heavy atom. The highest BCUT2D eigenvalue weighted by Gasteiger charge is 2.31. The number of hydrogen-bond acceptors (Lipinski definition) is 5. The summed E-state index contributed by atoms with van der Waals surface area (Å²) in [6.07, 6.45) is 0. The second kappa shape index (κ2) is 10.3. The van der Waals surface area contributed by atoms with E-state index in [-0.39, 0.29) is 0 Å². The standard InChI is InChI=1S/C19H16BN3.C6H14O2/c1-21-16-12-11-14(20)13-19(16)23-18-10-6-5-9-17(18)22-15-7-3-2-4-8-15;1-5(2,7)6(3,4)8/h2-13,22-23H,1H2;7-8H,1-4H3. The molecule has 4 N–H and O–H groups in total. The van der Waals surface area contributed by atoms with Crippen LogP contribution in [-0.4, -0.2) is 36.0 Å². The van der Waals surface area contributed by atoms with Gasteiger partial charge in [0.1, 0.15) is 7.85 Å². The average Bonchev–Trinajstić information content (AvgIpc) is 2.69. The minimum absolute atomic E-state index is 0.674. The van der Waals surface area contributed by atoms with Crippen molar-refractivity contribution in [2.24, 2.45) is 4.99 Å². The molecule has 0 aliphatic rings. The summed E-state index contributed by atoms with van der Waals surface area (Å²) < 4.78 is 0. The van der Waals surface area contributed by atoms with Gasteiger partial charge in [0.25, 0.3) is 0 Å². The number of rotatable bonds is 6. The maximum absolute atomic E-state index is 9.10. The zero-order chi connectivity index (χ0) is 23.1. The molecule has 2 radical (unpaired) electrons. The van der Waals surface area contributed by atoms with E-state index in [0.29, 0.717) is 5.46 Å². The van der Waals surface area contributed by atoms with E-state index in [2.05, 4.69) is 22.3 Å². The number of para-hydroxylation sites is 3. The van der Waals surface area contributed by atoms with Crippen molar-refractivity contribution in [2.45, 2.75) is 38.9 Å². The fourth-order valence-electron chi connectivity index (χ4n) is 2.31. The lowest BCUT2D eigenvalue weighted by molar-refractivity contribution is -0.107. The lowest BCUT2D eigenvalue weighted by Gasteiger charge is -2.31. The molecule has 31 heavy (non-hydrogen) atoms. The van der Waals surface area contributed by atoms with Gasteiger partial charge in [-0.3, -0.25) is 4.99 Å². The molecular formula is C25H30BN3O2. The Bertz CT molecular complexity index is 982. The zero-order valence-electron chi connectivity index (χ0n) is 18.6.